The highest BCUT2D eigenvalue weighted by Crippen LogP contribution is 2.45. The molecule has 0 heterocycles. The molecular weight excluding hydrogens is 360 g/mol. The van der Waals surface area contributed by atoms with Gasteiger partial charge in [0, 0.05) is 6.42 Å². The quantitative estimate of drug-likeness (QED) is 0.331. The number of rotatable bonds is 4. The van der Waals surface area contributed by atoms with Crippen LogP contribution < -0.4 is 0 Å². The van der Waals surface area contributed by atoms with Crippen LogP contribution in [-0.4, -0.2) is 0 Å². The lowest BCUT2D eigenvalue weighted by Gasteiger charge is -2.18. The summed E-state index contributed by atoms with van der Waals surface area (Å²) in [5.74, 6) is 0.509. The van der Waals surface area contributed by atoms with Crippen molar-refractivity contribution in [3.63, 3.8) is 0 Å². The van der Waals surface area contributed by atoms with Crippen LogP contribution in [0.25, 0.3) is 39.5 Å². The van der Waals surface area contributed by atoms with Crippen molar-refractivity contribution in [1.82, 2.24) is 0 Å². The average Bonchev–Trinajstić information content (AvgIpc) is 3.24. The summed E-state index contributed by atoms with van der Waals surface area (Å²) >= 11 is 0. The van der Waals surface area contributed by atoms with E-state index in [9.17, 15) is 0 Å². The van der Waals surface area contributed by atoms with E-state index in [-0.39, 0.29) is 0 Å². The second kappa shape index (κ2) is 7.80. The van der Waals surface area contributed by atoms with Gasteiger partial charge in [0.25, 0.3) is 0 Å². The molecular formula is C30H25. The fraction of sp³-hybridized carbons (Fsp3) is 0.100. The Kier molecular flexibility index (Phi) is 4.85. The minimum Gasteiger partial charge on any atom is -0.0622 e. The maximum atomic E-state index is 2.39. The Morgan fingerprint density at radius 1 is 0.533 bits per heavy atom. The van der Waals surface area contributed by atoms with E-state index in [2.05, 4.69) is 123 Å². The van der Waals surface area contributed by atoms with E-state index in [1.807, 2.05) is 0 Å². The number of fused-ring (bicyclic) bond motifs is 1. The van der Waals surface area contributed by atoms with Gasteiger partial charge in [-0.15, -0.1) is 0 Å². The molecule has 0 unspecified atom stereocenters. The Balaban J connectivity index is 1.82. The van der Waals surface area contributed by atoms with Crippen molar-refractivity contribution >= 4 is 6.08 Å². The molecule has 0 amide bonds. The van der Waals surface area contributed by atoms with Crippen LogP contribution >= 0.6 is 0 Å². The summed E-state index contributed by atoms with van der Waals surface area (Å²) in [6, 6.07) is 34.8. The van der Waals surface area contributed by atoms with Gasteiger partial charge in [-0.1, -0.05) is 123 Å². The summed E-state index contributed by atoms with van der Waals surface area (Å²) < 4.78 is 0. The molecule has 4 aromatic rings. The van der Waals surface area contributed by atoms with Gasteiger partial charge in [-0.05, 0) is 50.4 Å². The third-order valence-electron chi connectivity index (χ3n) is 5.95. The Bertz CT molecular complexity index is 1210. The molecule has 1 aliphatic rings. The average molecular weight is 386 g/mol. The van der Waals surface area contributed by atoms with Crippen molar-refractivity contribution in [3.8, 4) is 33.4 Å². The summed E-state index contributed by atoms with van der Waals surface area (Å²) in [5.41, 5.74) is 11.7. The van der Waals surface area contributed by atoms with E-state index in [1.165, 1.54) is 50.1 Å². The topological polar surface area (TPSA) is 0 Å². The van der Waals surface area contributed by atoms with Gasteiger partial charge in [0.2, 0.25) is 0 Å². The molecule has 1 radical (unpaired) electrons. The second-order valence-corrected chi connectivity index (χ2v) is 8.21. The molecule has 4 aromatic carbocycles. The normalized spacial score (nSPS) is 12.7. The minimum atomic E-state index is 0.509. The number of hydrogen-bond acceptors (Lipinski definition) is 0. The third kappa shape index (κ3) is 3.29. The molecule has 0 spiro atoms. The highest BCUT2D eigenvalue weighted by molar-refractivity contribution is 5.98. The zero-order chi connectivity index (χ0) is 20.5. The Labute approximate surface area is 179 Å². The highest BCUT2D eigenvalue weighted by Gasteiger charge is 2.23. The molecule has 0 nitrogen and oxygen atoms in total. The molecule has 0 heteroatoms. The van der Waals surface area contributed by atoms with Gasteiger partial charge in [0.15, 0.2) is 0 Å². The molecule has 30 heavy (non-hydrogen) atoms. The monoisotopic (exact) mass is 385 g/mol. The summed E-state index contributed by atoms with van der Waals surface area (Å²) in [4.78, 5) is 0. The molecule has 5 rings (SSSR count). The zero-order valence-electron chi connectivity index (χ0n) is 17.5. The number of benzene rings is 4. The van der Waals surface area contributed by atoms with Gasteiger partial charge >= 0.3 is 0 Å². The first kappa shape index (κ1) is 18.6. The van der Waals surface area contributed by atoms with Crippen molar-refractivity contribution in [2.75, 3.05) is 0 Å². The van der Waals surface area contributed by atoms with Crippen LogP contribution in [0.15, 0.2) is 103 Å². The van der Waals surface area contributed by atoms with E-state index in [1.54, 1.807) is 0 Å². The van der Waals surface area contributed by atoms with Crippen molar-refractivity contribution < 1.29 is 0 Å². The molecule has 0 N–H and O–H groups in total. The SMILES string of the molecule is CC(C)C1=Cc2c(ccc(-c3ccccc3)c2-c2ccccc2-c2ccccc2)[CH]1. The molecule has 0 aliphatic heterocycles. The van der Waals surface area contributed by atoms with E-state index < -0.39 is 0 Å². The molecule has 0 bridgehead atoms. The van der Waals surface area contributed by atoms with Crippen molar-refractivity contribution in [1.29, 1.82) is 0 Å². The van der Waals surface area contributed by atoms with Gasteiger partial charge in [-0.25, -0.2) is 0 Å². The van der Waals surface area contributed by atoms with Gasteiger partial charge in [0.1, 0.15) is 0 Å². The third-order valence-corrected chi connectivity index (χ3v) is 5.95. The van der Waals surface area contributed by atoms with Crippen LogP contribution in [0.2, 0.25) is 0 Å². The summed E-state index contributed by atoms with van der Waals surface area (Å²) in [5, 5.41) is 0. The highest BCUT2D eigenvalue weighted by atomic mass is 14.3. The fourth-order valence-corrected chi connectivity index (χ4v) is 4.36. The Morgan fingerprint density at radius 3 is 1.73 bits per heavy atom. The minimum absolute atomic E-state index is 0.509. The maximum Gasteiger partial charge on any atom is 0.0167 e. The van der Waals surface area contributed by atoms with Crippen LogP contribution in [0.4, 0.5) is 0 Å². The summed E-state index contributed by atoms with van der Waals surface area (Å²) in [6.45, 7) is 4.54. The van der Waals surface area contributed by atoms with Crippen molar-refractivity contribution in [2.24, 2.45) is 5.92 Å². The predicted molar refractivity (Wildman–Crippen MR) is 129 cm³/mol. The Hall–Kier alpha value is -3.38. The lowest BCUT2D eigenvalue weighted by Crippen LogP contribution is -1.94. The lowest BCUT2D eigenvalue weighted by molar-refractivity contribution is 0.789. The number of allylic oxidation sites excluding steroid dienone is 1. The van der Waals surface area contributed by atoms with Crippen LogP contribution in [0.5, 0.6) is 0 Å². The van der Waals surface area contributed by atoms with Crippen molar-refractivity contribution in [3.05, 3.63) is 120 Å². The van der Waals surface area contributed by atoms with Crippen LogP contribution in [0.3, 0.4) is 0 Å². The summed E-state index contributed by atoms with van der Waals surface area (Å²) in [7, 11) is 0. The maximum absolute atomic E-state index is 2.39. The van der Waals surface area contributed by atoms with Gasteiger partial charge in [-0.2, -0.15) is 0 Å². The predicted octanol–water partition coefficient (Wildman–Crippen LogP) is 8.29. The molecule has 0 atom stereocenters. The molecule has 145 valence electrons. The lowest BCUT2D eigenvalue weighted by atomic mass is 9.85. The Morgan fingerprint density at radius 2 is 1.10 bits per heavy atom. The van der Waals surface area contributed by atoms with E-state index in [4.69, 9.17) is 0 Å². The molecule has 0 saturated heterocycles. The molecule has 0 saturated carbocycles. The standard InChI is InChI=1S/C30H25/c1-21(2)25-19-24-17-18-27(23-13-7-4-8-14-23)30(29(24)20-25)28-16-10-9-15-26(28)22-11-5-3-6-12-22/h3-21H,1-2H3. The molecule has 0 aromatic heterocycles. The smallest absolute Gasteiger partial charge is 0.0167 e. The molecule has 1 aliphatic carbocycles. The first-order valence-corrected chi connectivity index (χ1v) is 10.7. The van der Waals surface area contributed by atoms with Gasteiger partial charge < -0.3 is 0 Å². The van der Waals surface area contributed by atoms with Crippen LogP contribution in [-0.2, 0) is 0 Å². The van der Waals surface area contributed by atoms with E-state index >= 15 is 0 Å². The van der Waals surface area contributed by atoms with E-state index in [0.717, 1.165) is 0 Å². The molecule has 0 fully saturated rings. The van der Waals surface area contributed by atoms with Crippen molar-refractivity contribution in [2.45, 2.75) is 13.8 Å². The zero-order valence-corrected chi connectivity index (χ0v) is 17.5. The van der Waals surface area contributed by atoms with Crippen LogP contribution in [0.1, 0.15) is 25.0 Å². The largest absolute Gasteiger partial charge is 0.0622 e. The van der Waals surface area contributed by atoms with Crippen LogP contribution in [0, 0.1) is 12.3 Å². The number of hydrogen-bond donors (Lipinski definition) is 0. The van der Waals surface area contributed by atoms with Gasteiger partial charge in [-0.3, -0.25) is 0 Å². The fourth-order valence-electron chi connectivity index (χ4n) is 4.36. The first-order valence-electron chi connectivity index (χ1n) is 10.7. The van der Waals surface area contributed by atoms with Gasteiger partial charge in [0.05, 0.1) is 0 Å². The van der Waals surface area contributed by atoms with E-state index in [0.29, 0.717) is 5.92 Å². The first-order chi connectivity index (χ1) is 14.7. The summed E-state index contributed by atoms with van der Waals surface area (Å²) in [6.07, 6.45) is 4.74. The second-order valence-electron chi connectivity index (χ2n) is 8.21.